The topological polar surface area (TPSA) is 128 Å². The van der Waals surface area contributed by atoms with E-state index in [1.807, 2.05) is 0 Å². The molecule has 0 unspecified atom stereocenters. The molecule has 2 rings (SSSR count). The third-order valence-electron chi connectivity index (χ3n) is 2.80. The van der Waals surface area contributed by atoms with E-state index >= 15 is 0 Å². The summed E-state index contributed by atoms with van der Waals surface area (Å²) in [6, 6.07) is 4.45. The number of phenols is 1. The number of carbonyl (C=O) groups is 2. The van der Waals surface area contributed by atoms with Crippen molar-refractivity contribution in [2.75, 3.05) is 0 Å². The molecule has 0 fully saturated rings. The van der Waals surface area contributed by atoms with Gasteiger partial charge in [-0.3, -0.25) is 4.79 Å². The van der Waals surface area contributed by atoms with Gasteiger partial charge >= 0.3 is 28.3 Å². The van der Waals surface area contributed by atoms with Gasteiger partial charge in [0.25, 0.3) is 0 Å². The number of hydrogen-bond acceptors (Lipinski definition) is 5. The van der Waals surface area contributed by atoms with Gasteiger partial charge in [-0.15, -0.1) is 10.9 Å². The van der Waals surface area contributed by atoms with Crippen molar-refractivity contribution in [3.05, 3.63) is 41.7 Å². The first kappa shape index (κ1) is 17.9. The van der Waals surface area contributed by atoms with Crippen LogP contribution in [0.5, 0.6) is 5.75 Å². The summed E-state index contributed by atoms with van der Waals surface area (Å²) in [7, 11) is 0. The predicted molar refractivity (Wildman–Crippen MR) is 70.2 cm³/mol. The summed E-state index contributed by atoms with van der Waals surface area (Å²) in [6.07, 6.45) is 2.99. The van der Waals surface area contributed by atoms with Crippen LogP contribution in [0, 0.1) is 6.20 Å². The van der Waals surface area contributed by atoms with Gasteiger partial charge in [0, 0.05) is 6.42 Å². The molecule has 120 valence electrons. The van der Waals surface area contributed by atoms with E-state index in [2.05, 4.69) is 26.9 Å². The van der Waals surface area contributed by atoms with Gasteiger partial charge in [-0.25, -0.2) is 4.79 Å². The standard InChI is InChI=1S/C13H13N4O4.Au/c18-10-4-1-8(2-5-10)12(13(20)21)15-11(19)6-3-9-7-14-17-16-9;/h1-2,4-5,12,18H,3,6H2,(H,15,19)(H,20,21)(H,14,16,17);/q-1;+1/t12-;/m1./s1. The van der Waals surface area contributed by atoms with E-state index in [9.17, 15) is 19.8 Å². The van der Waals surface area contributed by atoms with E-state index in [0.717, 1.165) is 0 Å². The molecule has 0 saturated carbocycles. The van der Waals surface area contributed by atoms with Crippen LogP contribution in [-0.2, 0) is 38.4 Å². The number of aromatic hydroxyl groups is 1. The Labute approximate surface area is 141 Å². The monoisotopic (exact) mass is 486 g/mol. The number of hydrogen-bond donors (Lipinski definition) is 4. The molecular weight excluding hydrogens is 473 g/mol. The number of carboxylic acid groups (broad SMARTS) is 1. The Hall–Kier alpha value is -2.16. The van der Waals surface area contributed by atoms with Gasteiger partial charge in [-0.2, -0.15) is 0 Å². The molecule has 0 aliphatic heterocycles. The number of nitrogens with one attached hydrogen (secondary N) is 2. The molecule has 4 N–H and O–H groups in total. The molecule has 0 saturated heterocycles. The van der Waals surface area contributed by atoms with Crippen molar-refractivity contribution < 1.29 is 42.2 Å². The molecule has 9 heteroatoms. The van der Waals surface area contributed by atoms with Crippen LogP contribution in [0.25, 0.3) is 0 Å². The zero-order valence-electron chi connectivity index (χ0n) is 11.2. The van der Waals surface area contributed by atoms with Crippen LogP contribution >= 0.6 is 0 Å². The van der Waals surface area contributed by atoms with Crippen molar-refractivity contribution in [1.29, 1.82) is 0 Å². The van der Waals surface area contributed by atoms with E-state index in [4.69, 9.17) is 0 Å². The number of aromatic amines is 1. The first-order chi connectivity index (χ1) is 10.1. The number of phenolic OH excluding ortho intramolecular Hbond substituents is 1. The Balaban J connectivity index is 0.00000242. The number of H-pyrrole nitrogens is 1. The second-order valence-corrected chi connectivity index (χ2v) is 4.33. The third kappa shape index (κ3) is 4.99. The maximum absolute atomic E-state index is 11.8. The van der Waals surface area contributed by atoms with Crippen LogP contribution in [0.1, 0.15) is 23.7 Å². The fourth-order valence-electron chi connectivity index (χ4n) is 1.73. The van der Waals surface area contributed by atoms with Gasteiger partial charge in [0.05, 0.1) is 0 Å². The summed E-state index contributed by atoms with van der Waals surface area (Å²) in [5, 5.41) is 30.3. The van der Waals surface area contributed by atoms with Gasteiger partial charge in [0.15, 0.2) is 6.04 Å². The Morgan fingerprint density at radius 3 is 2.55 bits per heavy atom. The maximum atomic E-state index is 11.8. The second-order valence-electron chi connectivity index (χ2n) is 4.33. The summed E-state index contributed by atoms with van der Waals surface area (Å²) < 4.78 is 0. The average molecular weight is 486 g/mol. The minimum atomic E-state index is -1.18. The average Bonchev–Trinajstić information content (AvgIpc) is 2.97. The molecule has 0 bridgehead atoms. The Bertz CT molecular complexity index is 615. The Morgan fingerprint density at radius 2 is 2.00 bits per heavy atom. The van der Waals surface area contributed by atoms with E-state index in [1.54, 1.807) is 0 Å². The Morgan fingerprint density at radius 1 is 1.32 bits per heavy atom. The second kappa shape index (κ2) is 8.32. The number of rotatable bonds is 6. The number of benzene rings is 1. The smallest absolute Gasteiger partial charge is 0.508 e. The first-order valence-corrected chi connectivity index (χ1v) is 6.15. The normalized spacial score (nSPS) is 11.3. The van der Waals surface area contributed by atoms with Gasteiger partial charge in [-0.05, 0) is 24.1 Å². The summed E-state index contributed by atoms with van der Waals surface area (Å²) in [5.41, 5.74) is 0.949. The van der Waals surface area contributed by atoms with Gasteiger partial charge < -0.3 is 31.9 Å². The molecule has 0 aliphatic carbocycles. The molecule has 1 aromatic heterocycles. The van der Waals surface area contributed by atoms with E-state index in [-0.39, 0.29) is 34.6 Å². The van der Waals surface area contributed by atoms with Crippen LogP contribution in [0.2, 0.25) is 0 Å². The van der Waals surface area contributed by atoms with Crippen LogP contribution in [0.3, 0.4) is 0 Å². The largest absolute Gasteiger partial charge is 1.00 e. The summed E-state index contributed by atoms with van der Waals surface area (Å²) in [4.78, 5) is 23.0. The predicted octanol–water partition coefficient (Wildman–Crippen LogP) is 0.183. The number of carboxylic acids is 1. The van der Waals surface area contributed by atoms with E-state index in [1.165, 1.54) is 24.3 Å². The molecule has 8 nitrogen and oxygen atoms in total. The zero-order valence-corrected chi connectivity index (χ0v) is 13.4. The van der Waals surface area contributed by atoms with Gasteiger partial charge in [0.2, 0.25) is 5.91 Å². The minimum absolute atomic E-state index is 0. The number of nitrogens with zero attached hydrogens (tertiary/aromatic N) is 2. The molecule has 1 atom stereocenters. The van der Waals surface area contributed by atoms with Crippen LogP contribution in [0.15, 0.2) is 24.3 Å². The molecule has 0 spiro atoms. The molecule has 1 amide bonds. The van der Waals surface area contributed by atoms with E-state index < -0.39 is 17.9 Å². The molecular formula is C13H13AuN4O4. The number of aryl methyl sites for hydroxylation is 1. The minimum Gasteiger partial charge on any atom is -0.508 e. The van der Waals surface area contributed by atoms with Crippen LogP contribution in [0.4, 0.5) is 0 Å². The summed E-state index contributed by atoms with van der Waals surface area (Å²) in [6.45, 7) is 0. The number of aromatic nitrogens is 3. The van der Waals surface area contributed by atoms with Crippen molar-refractivity contribution in [1.82, 2.24) is 20.7 Å². The third-order valence-corrected chi connectivity index (χ3v) is 2.80. The van der Waals surface area contributed by atoms with Gasteiger partial charge in [-0.1, -0.05) is 12.1 Å². The molecule has 0 aliphatic rings. The Kier molecular flexibility index (Phi) is 6.77. The van der Waals surface area contributed by atoms with Crippen molar-refractivity contribution in [2.24, 2.45) is 0 Å². The fraction of sp³-hybridized carbons (Fsp3) is 0.231. The molecule has 0 radical (unpaired) electrons. The van der Waals surface area contributed by atoms with Crippen LogP contribution in [-0.4, -0.2) is 37.5 Å². The molecule has 22 heavy (non-hydrogen) atoms. The molecule has 2 aromatic rings. The van der Waals surface area contributed by atoms with Gasteiger partial charge in [0.1, 0.15) is 5.75 Å². The zero-order chi connectivity index (χ0) is 15.2. The summed E-state index contributed by atoms with van der Waals surface area (Å²) >= 11 is 0. The first-order valence-electron chi connectivity index (χ1n) is 6.15. The number of carbonyl (C=O) groups excluding carboxylic acids is 1. The number of amides is 1. The molecule has 1 heterocycles. The van der Waals surface area contributed by atoms with Crippen LogP contribution < -0.4 is 5.32 Å². The molecule has 1 aromatic carbocycles. The van der Waals surface area contributed by atoms with E-state index in [0.29, 0.717) is 17.7 Å². The summed E-state index contributed by atoms with van der Waals surface area (Å²) in [5.74, 6) is -1.57. The maximum Gasteiger partial charge on any atom is 1.00 e. The SMILES string of the molecule is O=C(CCc1[c-]nn[nH]1)N[C@@H](C(=O)O)c1ccc(O)cc1.[Au+]. The van der Waals surface area contributed by atoms with Crippen molar-refractivity contribution in [3.8, 4) is 5.75 Å². The fourth-order valence-corrected chi connectivity index (χ4v) is 1.73. The number of aliphatic carboxylic acids is 1. The quantitative estimate of drug-likeness (QED) is 0.341. The van der Waals surface area contributed by atoms with Crippen molar-refractivity contribution in [2.45, 2.75) is 18.9 Å². The van der Waals surface area contributed by atoms with Crippen molar-refractivity contribution in [3.63, 3.8) is 0 Å². The van der Waals surface area contributed by atoms with Crippen molar-refractivity contribution >= 4 is 11.9 Å².